The maximum Gasteiger partial charge on any atom is 0.0649 e. The lowest BCUT2D eigenvalue weighted by Crippen LogP contribution is -2.85. The summed E-state index contributed by atoms with van der Waals surface area (Å²) in [7, 11) is 3.90. The second kappa shape index (κ2) is 4.66. The number of hydrogen-bond acceptors (Lipinski definition) is 0. The van der Waals surface area contributed by atoms with Crippen LogP contribution in [-0.2, 0) is 0 Å². The third-order valence-corrected chi connectivity index (χ3v) is 3.04. The third-order valence-electron chi connectivity index (χ3n) is 3.04. The van der Waals surface area contributed by atoms with Crippen LogP contribution in [-0.4, -0.2) is 6.04 Å². The van der Waals surface area contributed by atoms with Crippen molar-refractivity contribution in [2.45, 2.75) is 45.1 Å². The Bertz CT molecular complexity index is 147. The lowest BCUT2D eigenvalue weighted by molar-refractivity contribution is -0.642. The van der Waals surface area contributed by atoms with E-state index in [1.165, 1.54) is 37.7 Å². The van der Waals surface area contributed by atoms with Gasteiger partial charge in [0.1, 0.15) is 0 Å². The molecule has 0 radical (unpaired) electrons. The fourth-order valence-corrected chi connectivity index (χ4v) is 2.25. The molecule has 1 nitrogen and oxygen atoms in total. The number of allylic oxidation sites excluding steroid dienone is 1. The Morgan fingerprint density at radius 2 is 2.50 bits per heavy atom. The van der Waals surface area contributed by atoms with Crippen molar-refractivity contribution in [3.8, 4) is 0 Å². The van der Waals surface area contributed by atoms with Crippen molar-refractivity contribution in [3.63, 3.8) is 0 Å². The summed E-state index contributed by atoms with van der Waals surface area (Å²) in [5.74, 6) is 0.841. The smallest absolute Gasteiger partial charge is 0.0649 e. The molecule has 2 N–H and O–H groups in total. The Morgan fingerprint density at radius 3 is 3.00 bits per heavy atom. The van der Waals surface area contributed by atoms with Gasteiger partial charge in [-0.3, -0.25) is 0 Å². The zero-order valence-corrected chi connectivity index (χ0v) is 8.18. The molecule has 1 saturated carbocycles. The summed E-state index contributed by atoms with van der Waals surface area (Å²) < 4.78 is 0. The van der Waals surface area contributed by atoms with E-state index < -0.39 is 0 Å². The zero-order chi connectivity index (χ0) is 8.97. The van der Waals surface area contributed by atoms with Gasteiger partial charge in [0.05, 0.1) is 6.04 Å². The summed E-state index contributed by atoms with van der Waals surface area (Å²) in [5, 5.41) is 2.13. The van der Waals surface area contributed by atoms with Gasteiger partial charge in [0.15, 0.2) is 0 Å². The summed E-state index contributed by atoms with van der Waals surface area (Å²) >= 11 is 0. The van der Waals surface area contributed by atoms with Gasteiger partial charge in [-0.05, 0) is 32.1 Å². The molecular formula is C11H21N. The molecule has 0 saturated heterocycles. The molecule has 1 aliphatic carbocycles. The van der Waals surface area contributed by atoms with Gasteiger partial charge in [0, 0.05) is 5.92 Å². The van der Waals surface area contributed by atoms with Crippen molar-refractivity contribution in [3.05, 3.63) is 19.2 Å². The number of nitrogens with two attached hydrogens (primary N) is 1. The predicted molar refractivity (Wildman–Crippen MR) is 52.5 cm³/mol. The summed E-state index contributed by atoms with van der Waals surface area (Å²) in [6, 6.07) is 0.724. The van der Waals surface area contributed by atoms with E-state index in [-0.39, 0.29) is 0 Å². The first-order valence-electron chi connectivity index (χ1n) is 5.07. The topological polar surface area (TPSA) is 16.6 Å². The molecule has 1 aliphatic rings. The molecule has 1 heteroatoms. The van der Waals surface area contributed by atoms with E-state index in [0.29, 0.717) is 0 Å². The quantitative estimate of drug-likeness (QED) is 0.488. The molecule has 0 aromatic heterocycles. The minimum atomic E-state index is 0.724. The van der Waals surface area contributed by atoms with Gasteiger partial charge in [0.25, 0.3) is 0 Å². The molecule has 70 valence electrons. The largest absolute Gasteiger partial charge is 0.476 e. The molecule has 12 heavy (non-hydrogen) atoms. The molecule has 1 rings (SSSR count). The van der Waals surface area contributed by atoms with Crippen LogP contribution in [0.5, 0.6) is 0 Å². The third kappa shape index (κ3) is 2.34. The van der Waals surface area contributed by atoms with Gasteiger partial charge in [-0.2, -0.15) is 7.05 Å². The SMILES string of the molecule is C=C1CCCC([C@@H](CC)[NH2+][CH2-])C1. The second-order valence-electron chi connectivity index (χ2n) is 3.91. The van der Waals surface area contributed by atoms with E-state index in [1.807, 2.05) is 0 Å². The average molecular weight is 167 g/mol. The van der Waals surface area contributed by atoms with E-state index in [1.54, 1.807) is 0 Å². The van der Waals surface area contributed by atoms with Crippen LogP contribution in [0.2, 0.25) is 0 Å². The van der Waals surface area contributed by atoms with Crippen molar-refractivity contribution in [1.29, 1.82) is 0 Å². The lowest BCUT2D eigenvalue weighted by Gasteiger charge is -2.29. The predicted octanol–water partition coefficient (Wildman–Crippen LogP) is 1.87. The summed E-state index contributed by atoms with van der Waals surface area (Å²) in [6.45, 7) is 6.33. The monoisotopic (exact) mass is 167 g/mol. The van der Waals surface area contributed by atoms with Gasteiger partial charge in [-0.15, -0.1) is 0 Å². The van der Waals surface area contributed by atoms with Crippen molar-refractivity contribution >= 4 is 0 Å². The van der Waals surface area contributed by atoms with Crippen molar-refractivity contribution in [1.82, 2.24) is 0 Å². The lowest BCUT2D eigenvalue weighted by atomic mass is 9.81. The first-order valence-corrected chi connectivity index (χ1v) is 5.07. The van der Waals surface area contributed by atoms with Crippen LogP contribution >= 0.6 is 0 Å². The number of rotatable bonds is 3. The highest BCUT2D eigenvalue weighted by Crippen LogP contribution is 2.29. The average Bonchev–Trinajstić information content (AvgIpc) is 2.07. The molecule has 1 unspecified atom stereocenters. The Morgan fingerprint density at radius 1 is 1.75 bits per heavy atom. The highest BCUT2D eigenvalue weighted by Gasteiger charge is 2.23. The fourth-order valence-electron chi connectivity index (χ4n) is 2.25. The van der Waals surface area contributed by atoms with Crippen LogP contribution < -0.4 is 5.32 Å². The number of quaternary nitrogens is 1. The highest BCUT2D eigenvalue weighted by molar-refractivity contribution is 5.00. The van der Waals surface area contributed by atoms with E-state index in [9.17, 15) is 0 Å². The fraction of sp³-hybridized carbons (Fsp3) is 0.727. The molecule has 0 amide bonds. The van der Waals surface area contributed by atoms with Gasteiger partial charge < -0.3 is 5.32 Å². The highest BCUT2D eigenvalue weighted by atomic mass is 14.9. The minimum absolute atomic E-state index is 0.724. The Kier molecular flexibility index (Phi) is 3.80. The Hall–Kier alpha value is -0.300. The molecule has 0 aromatic carbocycles. The first kappa shape index (κ1) is 9.79. The maximum atomic E-state index is 4.08. The van der Waals surface area contributed by atoms with Gasteiger partial charge in [-0.25, -0.2) is 0 Å². The van der Waals surface area contributed by atoms with E-state index >= 15 is 0 Å². The minimum Gasteiger partial charge on any atom is -0.476 e. The summed E-state index contributed by atoms with van der Waals surface area (Å²) in [4.78, 5) is 0. The van der Waals surface area contributed by atoms with Crippen LogP contribution in [0.15, 0.2) is 12.2 Å². The summed E-state index contributed by atoms with van der Waals surface area (Å²) in [6.07, 6.45) is 6.45. The normalized spacial score (nSPS) is 27.2. The van der Waals surface area contributed by atoms with Crippen LogP contribution in [0, 0.1) is 13.0 Å². The van der Waals surface area contributed by atoms with E-state index in [0.717, 1.165) is 12.0 Å². The van der Waals surface area contributed by atoms with Crippen LogP contribution in [0.3, 0.4) is 0 Å². The maximum absolute atomic E-state index is 4.08. The van der Waals surface area contributed by atoms with Gasteiger partial charge >= 0.3 is 0 Å². The molecule has 0 spiro atoms. The molecule has 1 fully saturated rings. The van der Waals surface area contributed by atoms with Crippen molar-refractivity contribution in [2.24, 2.45) is 5.92 Å². The van der Waals surface area contributed by atoms with Gasteiger partial charge in [-0.1, -0.05) is 19.1 Å². The second-order valence-corrected chi connectivity index (χ2v) is 3.91. The van der Waals surface area contributed by atoms with Crippen LogP contribution in [0.25, 0.3) is 0 Å². The van der Waals surface area contributed by atoms with E-state index in [4.69, 9.17) is 0 Å². The molecular weight excluding hydrogens is 146 g/mol. The zero-order valence-electron chi connectivity index (χ0n) is 8.18. The Balaban J connectivity index is 2.43. The molecule has 0 bridgehead atoms. The van der Waals surface area contributed by atoms with Crippen LogP contribution in [0.4, 0.5) is 0 Å². The molecule has 0 aromatic rings. The van der Waals surface area contributed by atoms with E-state index in [2.05, 4.69) is 25.9 Å². The van der Waals surface area contributed by atoms with Gasteiger partial charge in [0.2, 0.25) is 0 Å². The first-order chi connectivity index (χ1) is 5.77. The summed E-state index contributed by atoms with van der Waals surface area (Å²) in [5.41, 5.74) is 1.45. The molecule has 0 aliphatic heterocycles. The van der Waals surface area contributed by atoms with Crippen molar-refractivity contribution < 1.29 is 5.32 Å². The molecule has 2 atom stereocenters. The van der Waals surface area contributed by atoms with Crippen LogP contribution in [0.1, 0.15) is 39.0 Å². The Labute approximate surface area is 76.2 Å². The standard InChI is InChI=1S/C11H21N/c1-4-11(12-3)10-7-5-6-9(2)8-10/h10-11H,2-8,12H2,1H3/t10?,11-/m1/s1. The molecule has 0 heterocycles. The van der Waals surface area contributed by atoms with Crippen molar-refractivity contribution in [2.75, 3.05) is 0 Å². The number of hydrogen-bond donors (Lipinski definition) is 1.